The van der Waals surface area contributed by atoms with Gasteiger partial charge < -0.3 is 20.2 Å². The minimum Gasteiger partial charge on any atom is -0.481 e. The molecule has 1 atom stereocenters. The van der Waals surface area contributed by atoms with Gasteiger partial charge in [0, 0.05) is 25.3 Å². The maximum Gasteiger partial charge on any atom is 0.321 e. The fraction of sp³-hybridized carbons (Fsp3) is 0.333. The quantitative estimate of drug-likeness (QED) is 0.870. The van der Waals surface area contributed by atoms with E-state index in [1.165, 1.54) is 11.3 Å². The Morgan fingerprint density at radius 1 is 1.00 bits per heavy atom. The number of carboxylic acid groups (broad SMARTS) is 1. The lowest BCUT2D eigenvalue weighted by Crippen LogP contribution is -2.44. The number of carboxylic acids is 1. The number of hydrogen-bond donors (Lipinski definition) is 2. The maximum absolute atomic E-state index is 12.8. The van der Waals surface area contributed by atoms with E-state index in [0.717, 1.165) is 24.3 Å². The van der Waals surface area contributed by atoms with Gasteiger partial charge in [0.05, 0.1) is 17.3 Å². The van der Waals surface area contributed by atoms with Crippen LogP contribution in [0.25, 0.3) is 0 Å². The zero-order valence-corrected chi connectivity index (χ0v) is 15.1. The van der Waals surface area contributed by atoms with Gasteiger partial charge in [0.15, 0.2) is 0 Å². The Labute approximate surface area is 158 Å². The van der Waals surface area contributed by atoms with Crippen LogP contribution in [0.2, 0.25) is 0 Å². The van der Waals surface area contributed by atoms with Crippen molar-refractivity contribution in [1.82, 2.24) is 4.90 Å². The highest BCUT2D eigenvalue weighted by Gasteiger charge is 2.29. The van der Waals surface area contributed by atoms with E-state index in [9.17, 15) is 14.7 Å². The maximum atomic E-state index is 12.8. The topological polar surface area (TPSA) is 72.9 Å². The number of aliphatic carboxylic acids is 1. The van der Waals surface area contributed by atoms with E-state index in [2.05, 4.69) is 22.3 Å². The molecule has 2 aliphatic rings. The molecule has 140 valence electrons. The Hall–Kier alpha value is -3.02. The minimum absolute atomic E-state index is 0.235. The third-order valence-corrected chi connectivity index (χ3v) is 5.38. The summed E-state index contributed by atoms with van der Waals surface area (Å²) in [6, 6.07) is 15.8. The number of nitrogens with zero attached hydrogens (tertiary/aromatic N) is 2. The van der Waals surface area contributed by atoms with Crippen molar-refractivity contribution in [2.75, 3.05) is 29.9 Å². The van der Waals surface area contributed by atoms with Crippen LogP contribution in [0.4, 0.5) is 21.9 Å². The molecule has 4 rings (SSSR count). The van der Waals surface area contributed by atoms with Crippen LogP contribution in [0, 0.1) is 5.92 Å². The number of piperidine rings is 1. The lowest BCUT2D eigenvalue weighted by Gasteiger charge is -2.31. The fourth-order valence-electron chi connectivity index (χ4n) is 3.96. The van der Waals surface area contributed by atoms with Gasteiger partial charge in [-0.25, -0.2) is 4.79 Å². The van der Waals surface area contributed by atoms with Crippen LogP contribution in [0.15, 0.2) is 48.5 Å². The lowest BCUT2D eigenvalue weighted by atomic mass is 9.99. The number of carbonyl (C=O) groups is 2. The second-order valence-corrected chi connectivity index (χ2v) is 7.10. The number of urea groups is 1. The number of nitrogens with one attached hydrogen (secondary N) is 1. The van der Waals surface area contributed by atoms with Crippen molar-refractivity contribution in [3.05, 3.63) is 54.1 Å². The van der Waals surface area contributed by atoms with Crippen LogP contribution in [-0.2, 0) is 11.2 Å². The van der Waals surface area contributed by atoms with Gasteiger partial charge in [-0.05, 0) is 43.0 Å². The average molecular weight is 365 g/mol. The molecule has 2 amide bonds. The number of carbonyl (C=O) groups excluding carboxylic acids is 1. The van der Waals surface area contributed by atoms with E-state index >= 15 is 0 Å². The molecule has 0 radical (unpaired) electrons. The Bertz CT molecular complexity index is 867. The molecule has 1 fully saturated rings. The van der Waals surface area contributed by atoms with Crippen molar-refractivity contribution < 1.29 is 14.7 Å². The summed E-state index contributed by atoms with van der Waals surface area (Å²) in [7, 11) is 0. The minimum atomic E-state index is -0.832. The standard InChI is InChI=1S/C21H23N3O3/c25-20(26)16-7-5-12-23(14-16)21(27)22-17-8-2-4-10-19(17)24-13-11-15-6-1-3-9-18(15)24/h1-4,6,8-10,16H,5,7,11-14H2,(H,22,27)(H,25,26). The first-order valence-electron chi connectivity index (χ1n) is 9.36. The number of hydrogen-bond acceptors (Lipinski definition) is 3. The summed E-state index contributed by atoms with van der Waals surface area (Å²) in [5.41, 5.74) is 4.18. The molecule has 0 saturated carbocycles. The van der Waals surface area contributed by atoms with E-state index in [-0.39, 0.29) is 12.6 Å². The van der Waals surface area contributed by atoms with Gasteiger partial charge in [-0.3, -0.25) is 4.79 Å². The van der Waals surface area contributed by atoms with Crippen LogP contribution in [0.1, 0.15) is 18.4 Å². The molecule has 0 aromatic heterocycles. The summed E-state index contributed by atoms with van der Waals surface area (Å²) in [5, 5.41) is 12.2. The zero-order chi connectivity index (χ0) is 18.8. The average Bonchev–Trinajstić information content (AvgIpc) is 3.12. The van der Waals surface area contributed by atoms with Gasteiger partial charge in [-0.2, -0.15) is 0 Å². The third-order valence-electron chi connectivity index (χ3n) is 5.38. The number of likely N-dealkylation sites (tertiary alicyclic amines) is 1. The number of amides is 2. The smallest absolute Gasteiger partial charge is 0.321 e. The molecule has 27 heavy (non-hydrogen) atoms. The van der Waals surface area contributed by atoms with Gasteiger partial charge in [0.25, 0.3) is 0 Å². The molecule has 2 aromatic carbocycles. The van der Waals surface area contributed by atoms with Crippen LogP contribution in [-0.4, -0.2) is 41.6 Å². The summed E-state index contributed by atoms with van der Waals surface area (Å²) >= 11 is 0. The third kappa shape index (κ3) is 3.47. The van der Waals surface area contributed by atoms with E-state index in [1.807, 2.05) is 36.4 Å². The Morgan fingerprint density at radius 3 is 2.56 bits per heavy atom. The van der Waals surface area contributed by atoms with E-state index in [4.69, 9.17) is 0 Å². The van der Waals surface area contributed by atoms with Crippen molar-refractivity contribution in [1.29, 1.82) is 0 Å². The highest BCUT2D eigenvalue weighted by molar-refractivity contribution is 5.95. The van der Waals surface area contributed by atoms with Crippen LogP contribution in [0.5, 0.6) is 0 Å². The fourth-order valence-corrected chi connectivity index (χ4v) is 3.96. The Balaban J connectivity index is 1.54. The predicted octanol–water partition coefficient (Wildman–Crippen LogP) is 3.71. The molecule has 2 aromatic rings. The first-order chi connectivity index (χ1) is 13.1. The monoisotopic (exact) mass is 365 g/mol. The largest absolute Gasteiger partial charge is 0.481 e. The van der Waals surface area contributed by atoms with Gasteiger partial charge in [-0.1, -0.05) is 30.3 Å². The molecule has 2 aliphatic heterocycles. The molecule has 2 heterocycles. The molecular weight excluding hydrogens is 342 g/mol. The van der Waals surface area contributed by atoms with Crippen LogP contribution >= 0.6 is 0 Å². The molecule has 0 bridgehead atoms. The van der Waals surface area contributed by atoms with Crippen LogP contribution in [0.3, 0.4) is 0 Å². The number of fused-ring (bicyclic) bond motifs is 1. The Morgan fingerprint density at radius 2 is 1.74 bits per heavy atom. The normalized spacial score (nSPS) is 18.9. The van der Waals surface area contributed by atoms with E-state index in [0.29, 0.717) is 19.4 Å². The van der Waals surface area contributed by atoms with Crippen molar-refractivity contribution in [3.63, 3.8) is 0 Å². The second-order valence-electron chi connectivity index (χ2n) is 7.10. The van der Waals surface area contributed by atoms with Crippen molar-refractivity contribution >= 4 is 29.1 Å². The summed E-state index contributed by atoms with van der Waals surface area (Å²) in [6.07, 6.45) is 2.32. The van der Waals surface area contributed by atoms with Crippen molar-refractivity contribution in [2.45, 2.75) is 19.3 Å². The molecule has 1 unspecified atom stereocenters. The number of para-hydroxylation sites is 3. The highest BCUT2D eigenvalue weighted by atomic mass is 16.4. The number of rotatable bonds is 3. The molecule has 6 nitrogen and oxygen atoms in total. The highest BCUT2D eigenvalue weighted by Crippen LogP contribution is 2.38. The summed E-state index contributed by atoms with van der Waals surface area (Å²) in [6.45, 7) is 1.72. The molecular formula is C21H23N3O3. The first-order valence-corrected chi connectivity index (χ1v) is 9.36. The SMILES string of the molecule is O=C(O)C1CCCN(C(=O)Nc2ccccc2N2CCc3ccccc32)C1. The van der Waals surface area contributed by atoms with Gasteiger partial charge in [-0.15, -0.1) is 0 Å². The predicted molar refractivity (Wildman–Crippen MR) is 105 cm³/mol. The lowest BCUT2D eigenvalue weighted by molar-refractivity contribution is -0.143. The molecule has 0 spiro atoms. The van der Waals surface area contributed by atoms with E-state index < -0.39 is 11.9 Å². The molecule has 1 saturated heterocycles. The molecule has 0 aliphatic carbocycles. The summed E-state index contributed by atoms with van der Waals surface area (Å²) in [5.74, 6) is -1.31. The van der Waals surface area contributed by atoms with Gasteiger partial charge in [0.1, 0.15) is 0 Å². The van der Waals surface area contributed by atoms with Gasteiger partial charge in [0.2, 0.25) is 0 Å². The Kier molecular flexibility index (Phi) is 4.71. The summed E-state index contributed by atoms with van der Waals surface area (Å²) < 4.78 is 0. The van der Waals surface area contributed by atoms with Crippen molar-refractivity contribution in [3.8, 4) is 0 Å². The summed E-state index contributed by atoms with van der Waals surface area (Å²) in [4.78, 5) is 27.8. The van der Waals surface area contributed by atoms with Crippen LogP contribution < -0.4 is 10.2 Å². The number of anilines is 3. The number of benzene rings is 2. The zero-order valence-electron chi connectivity index (χ0n) is 15.1. The molecule has 6 heteroatoms. The second kappa shape index (κ2) is 7.31. The van der Waals surface area contributed by atoms with Crippen molar-refractivity contribution in [2.24, 2.45) is 5.92 Å². The van der Waals surface area contributed by atoms with Gasteiger partial charge >= 0.3 is 12.0 Å². The first kappa shape index (κ1) is 17.4. The molecule has 2 N–H and O–H groups in total. The van der Waals surface area contributed by atoms with E-state index in [1.54, 1.807) is 4.90 Å².